The van der Waals surface area contributed by atoms with E-state index < -0.39 is 11.6 Å². The lowest BCUT2D eigenvalue weighted by molar-refractivity contribution is 0.0224. The molecule has 160 valence electrons. The van der Waals surface area contributed by atoms with Crippen molar-refractivity contribution < 1.29 is 14.3 Å². The number of esters is 1. The van der Waals surface area contributed by atoms with Crippen LogP contribution in [0.25, 0.3) is 0 Å². The van der Waals surface area contributed by atoms with Crippen LogP contribution in [-0.2, 0) is 10.3 Å². The maximum atomic E-state index is 13.1. The van der Waals surface area contributed by atoms with E-state index in [0.29, 0.717) is 22.7 Å². The highest BCUT2D eigenvalue weighted by Crippen LogP contribution is 2.57. The number of isothiocyanates is 1. The van der Waals surface area contributed by atoms with Crippen LogP contribution in [0.15, 0.2) is 59.6 Å². The van der Waals surface area contributed by atoms with Crippen LogP contribution in [0.5, 0.6) is 11.5 Å². The molecule has 6 nitrogen and oxygen atoms in total. The summed E-state index contributed by atoms with van der Waals surface area (Å²) in [4.78, 5) is 21.1. The van der Waals surface area contributed by atoms with Gasteiger partial charge in [0, 0.05) is 68.4 Å². The van der Waals surface area contributed by atoms with Crippen LogP contribution in [-0.4, -0.2) is 39.3 Å². The number of rotatable bonds is 3. The summed E-state index contributed by atoms with van der Waals surface area (Å²) >= 11 is 4.72. The van der Waals surface area contributed by atoms with Gasteiger partial charge in [0.25, 0.3) is 0 Å². The molecule has 0 saturated carbocycles. The first kappa shape index (κ1) is 20.2. The summed E-state index contributed by atoms with van der Waals surface area (Å²) in [6.45, 7) is 0. The van der Waals surface area contributed by atoms with Crippen LogP contribution in [0.2, 0.25) is 0 Å². The molecule has 1 spiro atoms. The fourth-order valence-corrected chi connectivity index (χ4v) is 4.48. The molecular weight excluding hydrogens is 422 g/mol. The predicted molar refractivity (Wildman–Crippen MR) is 128 cm³/mol. The Labute approximate surface area is 191 Å². The van der Waals surface area contributed by atoms with Crippen LogP contribution in [0.1, 0.15) is 27.0 Å². The zero-order chi connectivity index (χ0) is 22.6. The molecule has 0 radical (unpaired) electrons. The van der Waals surface area contributed by atoms with Gasteiger partial charge in [-0.05, 0) is 48.6 Å². The van der Waals surface area contributed by atoms with E-state index >= 15 is 0 Å². The molecule has 2 heterocycles. The summed E-state index contributed by atoms with van der Waals surface area (Å²) in [5, 5.41) is 2.35. The highest BCUT2D eigenvalue weighted by molar-refractivity contribution is 7.78. The van der Waals surface area contributed by atoms with Crippen LogP contribution < -0.4 is 14.5 Å². The molecule has 0 saturated heterocycles. The van der Waals surface area contributed by atoms with Crippen molar-refractivity contribution in [1.29, 1.82) is 0 Å². The molecule has 5 rings (SSSR count). The van der Waals surface area contributed by atoms with Gasteiger partial charge in [-0.15, -0.1) is 0 Å². The Morgan fingerprint density at radius 3 is 1.94 bits per heavy atom. The lowest BCUT2D eigenvalue weighted by atomic mass is 9.77. The molecule has 2 aliphatic heterocycles. The number of anilines is 2. The van der Waals surface area contributed by atoms with Gasteiger partial charge in [-0.25, -0.2) is 4.79 Å². The topological polar surface area (TPSA) is 54.4 Å². The lowest BCUT2D eigenvalue weighted by Gasteiger charge is -2.37. The van der Waals surface area contributed by atoms with E-state index in [1.807, 2.05) is 86.5 Å². The van der Waals surface area contributed by atoms with Gasteiger partial charge in [-0.3, -0.25) is 0 Å². The monoisotopic (exact) mass is 443 g/mol. The van der Waals surface area contributed by atoms with Crippen LogP contribution in [0.4, 0.5) is 17.1 Å². The van der Waals surface area contributed by atoms with Gasteiger partial charge in [-0.1, -0.05) is 6.07 Å². The number of ether oxygens (including phenoxy) is 2. The standard InChI is InChI=1S/C25H21N3O3S/c1-27(2)16-6-9-20-22(12-16)30-23-13-17(28(3)4)7-10-21(23)25(20)19-8-5-15(26-14-32)11-18(19)24(29)31-25/h5-13H,1-4H3. The summed E-state index contributed by atoms with van der Waals surface area (Å²) < 4.78 is 12.6. The Hall–Kier alpha value is -3.67. The minimum atomic E-state index is -1.11. The normalized spacial score (nSPS) is 14.4. The van der Waals surface area contributed by atoms with E-state index in [0.717, 1.165) is 28.1 Å². The average Bonchev–Trinajstić information content (AvgIpc) is 3.06. The number of carbonyl (C=O) groups excluding carboxylic acids is 1. The molecule has 0 aliphatic carbocycles. The molecule has 3 aromatic carbocycles. The van der Waals surface area contributed by atoms with Crippen molar-refractivity contribution >= 4 is 40.4 Å². The summed E-state index contributed by atoms with van der Waals surface area (Å²) in [5.41, 5.74) is 4.22. The van der Waals surface area contributed by atoms with E-state index in [2.05, 4.69) is 10.2 Å². The molecule has 0 N–H and O–H groups in total. The molecule has 0 aromatic heterocycles. The Morgan fingerprint density at radius 2 is 1.41 bits per heavy atom. The number of fused-ring (bicyclic) bond motifs is 6. The Balaban J connectivity index is 1.82. The van der Waals surface area contributed by atoms with E-state index in [1.165, 1.54) is 0 Å². The maximum absolute atomic E-state index is 13.1. The first-order valence-electron chi connectivity index (χ1n) is 10.1. The van der Waals surface area contributed by atoms with E-state index in [-0.39, 0.29) is 0 Å². The summed E-state index contributed by atoms with van der Waals surface area (Å²) in [5.74, 6) is 0.899. The molecule has 0 unspecified atom stereocenters. The third-order valence-electron chi connectivity index (χ3n) is 5.96. The number of hydrogen-bond acceptors (Lipinski definition) is 7. The number of benzene rings is 3. The highest BCUT2D eigenvalue weighted by Gasteiger charge is 2.53. The summed E-state index contributed by atoms with van der Waals surface area (Å²) in [6.07, 6.45) is 0. The van der Waals surface area contributed by atoms with Crippen LogP contribution in [0, 0.1) is 0 Å². The quantitative estimate of drug-likeness (QED) is 0.318. The molecule has 2 aliphatic rings. The second-order valence-electron chi connectivity index (χ2n) is 8.26. The van der Waals surface area contributed by atoms with Gasteiger partial charge in [0.2, 0.25) is 0 Å². The van der Waals surface area contributed by atoms with Gasteiger partial charge in [0.05, 0.1) is 16.4 Å². The zero-order valence-corrected chi connectivity index (χ0v) is 19.0. The fraction of sp³-hybridized carbons (Fsp3) is 0.200. The minimum absolute atomic E-state index is 0.409. The number of carbonyl (C=O) groups is 1. The van der Waals surface area contributed by atoms with Gasteiger partial charge in [0.1, 0.15) is 11.5 Å². The fourth-order valence-electron chi connectivity index (χ4n) is 4.37. The Bertz CT molecular complexity index is 1270. The third kappa shape index (κ3) is 2.83. The average molecular weight is 444 g/mol. The largest absolute Gasteiger partial charge is 0.456 e. The van der Waals surface area contributed by atoms with E-state index in [4.69, 9.17) is 21.7 Å². The third-order valence-corrected chi connectivity index (χ3v) is 6.06. The first-order valence-corrected chi connectivity index (χ1v) is 10.5. The smallest absolute Gasteiger partial charge is 0.340 e. The molecule has 0 fully saturated rings. The number of nitrogens with zero attached hydrogens (tertiary/aromatic N) is 3. The van der Waals surface area contributed by atoms with E-state index in [9.17, 15) is 4.79 Å². The second-order valence-corrected chi connectivity index (χ2v) is 8.44. The van der Waals surface area contributed by atoms with Gasteiger partial charge in [-0.2, -0.15) is 4.99 Å². The van der Waals surface area contributed by atoms with Crippen LogP contribution in [0.3, 0.4) is 0 Å². The zero-order valence-electron chi connectivity index (χ0n) is 18.2. The van der Waals surface area contributed by atoms with Crippen molar-refractivity contribution in [2.75, 3.05) is 38.0 Å². The molecule has 7 heteroatoms. The van der Waals surface area contributed by atoms with Crippen molar-refractivity contribution in [3.8, 4) is 11.5 Å². The van der Waals surface area contributed by atoms with Crippen LogP contribution >= 0.6 is 12.2 Å². The van der Waals surface area contributed by atoms with Crippen molar-refractivity contribution in [1.82, 2.24) is 0 Å². The molecule has 0 bridgehead atoms. The second kappa shape index (κ2) is 7.19. The first-order chi connectivity index (χ1) is 15.3. The number of hydrogen-bond donors (Lipinski definition) is 0. The predicted octanol–water partition coefficient (Wildman–Crippen LogP) is 5.12. The molecule has 3 aromatic rings. The van der Waals surface area contributed by atoms with Crippen molar-refractivity contribution in [2.24, 2.45) is 4.99 Å². The SMILES string of the molecule is CN(C)c1ccc2c(c1)Oc1cc(N(C)C)ccc1C21OC(=O)c2cc(N=C=S)ccc21. The summed E-state index contributed by atoms with van der Waals surface area (Å²) in [6, 6.07) is 17.3. The molecule has 0 atom stereocenters. The molecule has 32 heavy (non-hydrogen) atoms. The lowest BCUT2D eigenvalue weighted by Crippen LogP contribution is -2.33. The van der Waals surface area contributed by atoms with Crippen molar-refractivity contribution in [3.63, 3.8) is 0 Å². The molecule has 0 amide bonds. The summed E-state index contributed by atoms with van der Waals surface area (Å²) in [7, 11) is 7.89. The van der Waals surface area contributed by atoms with Crippen molar-refractivity contribution in [3.05, 3.63) is 76.9 Å². The van der Waals surface area contributed by atoms with Crippen molar-refractivity contribution in [2.45, 2.75) is 5.60 Å². The maximum Gasteiger partial charge on any atom is 0.340 e. The Kier molecular flexibility index (Phi) is 4.55. The number of thiocarbonyl (C=S) groups is 1. The molecular formula is C25H21N3O3S. The minimum Gasteiger partial charge on any atom is -0.456 e. The number of aliphatic imine (C=N–C) groups is 1. The highest BCUT2D eigenvalue weighted by atomic mass is 32.1. The van der Waals surface area contributed by atoms with Gasteiger partial charge in [0.15, 0.2) is 5.60 Å². The van der Waals surface area contributed by atoms with E-state index in [1.54, 1.807) is 6.07 Å². The Morgan fingerprint density at radius 1 is 0.844 bits per heavy atom. The van der Waals surface area contributed by atoms with Gasteiger partial charge >= 0.3 is 5.97 Å². The van der Waals surface area contributed by atoms with Gasteiger partial charge < -0.3 is 19.3 Å².